The summed E-state index contributed by atoms with van der Waals surface area (Å²) in [5.74, 6) is -0.404. The van der Waals surface area contributed by atoms with Crippen LogP contribution in [-0.2, 0) is 14.8 Å². The van der Waals surface area contributed by atoms with Crippen molar-refractivity contribution in [2.75, 3.05) is 26.3 Å². The van der Waals surface area contributed by atoms with Gasteiger partial charge in [-0.3, -0.25) is 9.59 Å². The number of Topliss-reactive ketones (excluding diaryl/α,β-unsaturated/α-hetero) is 1. The summed E-state index contributed by atoms with van der Waals surface area (Å²) < 4.78 is 52.1. The molecule has 4 rings (SSSR count). The van der Waals surface area contributed by atoms with Gasteiger partial charge in [0, 0.05) is 24.6 Å². The number of amides is 1. The molecule has 0 spiro atoms. The van der Waals surface area contributed by atoms with Crippen LogP contribution in [0.4, 0.5) is 4.39 Å². The summed E-state index contributed by atoms with van der Waals surface area (Å²) >= 11 is 0. The maximum atomic E-state index is 13.9. The highest BCUT2D eigenvalue weighted by atomic mass is 32.2. The summed E-state index contributed by atoms with van der Waals surface area (Å²) in [7, 11) is -4.19. The number of ketones is 1. The van der Waals surface area contributed by atoms with E-state index >= 15 is 0 Å². The predicted octanol–water partition coefficient (Wildman–Crippen LogP) is 2.39. The molecule has 0 aliphatic carbocycles. The van der Waals surface area contributed by atoms with E-state index in [2.05, 4.69) is 4.72 Å². The molecule has 2 aromatic rings. The van der Waals surface area contributed by atoms with E-state index in [9.17, 15) is 22.4 Å². The lowest BCUT2D eigenvalue weighted by molar-refractivity contribution is -0.133. The molecule has 0 unspecified atom stereocenters. The third kappa shape index (κ3) is 5.01. The lowest BCUT2D eigenvalue weighted by Crippen LogP contribution is -2.49. The second-order valence-corrected chi connectivity index (χ2v) is 9.78. The fourth-order valence-electron chi connectivity index (χ4n) is 4.08. The lowest BCUT2D eigenvalue weighted by atomic mass is 9.88. The van der Waals surface area contributed by atoms with Crippen molar-refractivity contribution in [1.29, 1.82) is 0 Å². The molecular formula is C23H25FN2O6S. The number of ether oxygens (including phenoxy) is 2. The molecular weight excluding hydrogens is 451 g/mol. The standard InChI is InChI=1S/C23H25FN2O6S/c1-15(25-33(29,30)21-5-3-2-4-18(21)24)23(28)26-10-8-16(9-11-26)22(27)17-6-7-19-20(14-17)32-13-12-31-19/h2-7,14-16,25H,8-13H2,1H3/t15-/m0/s1. The molecule has 2 aromatic carbocycles. The van der Waals surface area contributed by atoms with Gasteiger partial charge in [-0.2, -0.15) is 4.72 Å². The van der Waals surface area contributed by atoms with E-state index in [4.69, 9.17) is 9.47 Å². The van der Waals surface area contributed by atoms with Crippen molar-refractivity contribution in [2.45, 2.75) is 30.7 Å². The largest absolute Gasteiger partial charge is 0.486 e. The predicted molar refractivity (Wildman–Crippen MR) is 117 cm³/mol. The zero-order valence-electron chi connectivity index (χ0n) is 18.1. The zero-order chi connectivity index (χ0) is 23.6. The van der Waals surface area contributed by atoms with E-state index in [1.165, 1.54) is 24.0 Å². The first-order valence-electron chi connectivity index (χ1n) is 10.8. The number of carbonyl (C=O) groups is 2. The Bertz CT molecular complexity index is 1160. The highest BCUT2D eigenvalue weighted by Gasteiger charge is 2.32. The average molecular weight is 477 g/mol. The van der Waals surface area contributed by atoms with Gasteiger partial charge in [0.1, 0.15) is 23.9 Å². The maximum absolute atomic E-state index is 13.9. The number of piperidine rings is 1. The molecule has 1 atom stereocenters. The van der Waals surface area contributed by atoms with E-state index in [-0.39, 0.29) is 11.7 Å². The second kappa shape index (κ2) is 9.48. The number of fused-ring (bicyclic) bond motifs is 1. The first-order chi connectivity index (χ1) is 15.8. The molecule has 1 saturated heterocycles. The van der Waals surface area contributed by atoms with E-state index < -0.39 is 32.7 Å². The van der Waals surface area contributed by atoms with Crippen molar-refractivity contribution in [1.82, 2.24) is 9.62 Å². The summed E-state index contributed by atoms with van der Waals surface area (Å²) in [6.07, 6.45) is 0.928. The molecule has 8 nitrogen and oxygen atoms in total. The van der Waals surface area contributed by atoms with Gasteiger partial charge in [-0.1, -0.05) is 12.1 Å². The number of sulfonamides is 1. The fraction of sp³-hybridized carbons (Fsp3) is 0.391. The molecule has 1 fully saturated rings. The Hall–Kier alpha value is -2.98. The minimum absolute atomic E-state index is 0.0209. The molecule has 10 heteroatoms. The molecule has 2 aliphatic rings. The van der Waals surface area contributed by atoms with Crippen LogP contribution in [0.15, 0.2) is 47.4 Å². The Kier molecular flexibility index (Phi) is 6.66. The highest BCUT2D eigenvalue weighted by molar-refractivity contribution is 7.89. The Morgan fingerprint density at radius 3 is 2.42 bits per heavy atom. The van der Waals surface area contributed by atoms with Gasteiger partial charge in [0.05, 0.1) is 6.04 Å². The summed E-state index contributed by atoms with van der Waals surface area (Å²) in [5.41, 5.74) is 0.537. The summed E-state index contributed by atoms with van der Waals surface area (Å²) in [6, 6.07) is 9.05. The van der Waals surface area contributed by atoms with E-state index in [0.29, 0.717) is 56.2 Å². The lowest BCUT2D eigenvalue weighted by Gasteiger charge is -2.33. The summed E-state index contributed by atoms with van der Waals surface area (Å²) in [4.78, 5) is 26.8. The van der Waals surface area contributed by atoms with Crippen LogP contribution in [0.3, 0.4) is 0 Å². The van der Waals surface area contributed by atoms with Gasteiger partial charge in [0.2, 0.25) is 15.9 Å². The quantitative estimate of drug-likeness (QED) is 0.643. The fourth-order valence-corrected chi connectivity index (χ4v) is 5.35. The minimum atomic E-state index is -4.19. The van der Waals surface area contributed by atoms with Crippen molar-refractivity contribution < 1.29 is 31.9 Å². The second-order valence-electron chi connectivity index (χ2n) is 8.10. The third-order valence-corrected chi connectivity index (χ3v) is 7.41. The molecule has 0 bridgehead atoms. The van der Waals surface area contributed by atoms with Crippen LogP contribution in [0.1, 0.15) is 30.1 Å². The number of nitrogens with one attached hydrogen (secondary N) is 1. The minimum Gasteiger partial charge on any atom is -0.486 e. The average Bonchev–Trinajstić information content (AvgIpc) is 2.82. The Morgan fingerprint density at radius 1 is 1.06 bits per heavy atom. The van der Waals surface area contributed by atoms with Crippen LogP contribution in [-0.4, -0.2) is 57.4 Å². The van der Waals surface area contributed by atoms with E-state index in [1.807, 2.05) is 0 Å². The van der Waals surface area contributed by atoms with Gasteiger partial charge in [-0.25, -0.2) is 12.8 Å². The van der Waals surface area contributed by atoms with Gasteiger partial charge in [-0.15, -0.1) is 0 Å². The van der Waals surface area contributed by atoms with Gasteiger partial charge in [-0.05, 0) is 50.1 Å². The number of carbonyl (C=O) groups excluding carboxylic acids is 2. The summed E-state index contributed by atoms with van der Waals surface area (Å²) in [6.45, 7) is 2.98. The van der Waals surface area contributed by atoms with Crippen molar-refractivity contribution in [3.05, 3.63) is 53.8 Å². The third-order valence-electron chi connectivity index (χ3n) is 5.83. The van der Waals surface area contributed by atoms with Crippen LogP contribution in [0.25, 0.3) is 0 Å². The first kappa shape index (κ1) is 23.2. The highest BCUT2D eigenvalue weighted by Crippen LogP contribution is 2.32. The molecule has 0 aromatic heterocycles. The number of benzene rings is 2. The Balaban J connectivity index is 1.35. The van der Waals surface area contributed by atoms with Crippen LogP contribution < -0.4 is 14.2 Å². The van der Waals surface area contributed by atoms with E-state index in [1.54, 1.807) is 18.2 Å². The molecule has 1 N–H and O–H groups in total. The molecule has 176 valence electrons. The van der Waals surface area contributed by atoms with Gasteiger partial charge in [0.15, 0.2) is 17.3 Å². The van der Waals surface area contributed by atoms with Crippen molar-refractivity contribution in [3.63, 3.8) is 0 Å². The van der Waals surface area contributed by atoms with E-state index in [0.717, 1.165) is 12.1 Å². The van der Waals surface area contributed by atoms with Crippen LogP contribution in [0.2, 0.25) is 0 Å². The number of hydrogen-bond acceptors (Lipinski definition) is 6. The molecule has 0 radical (unpaired) electrons. The van der Waals surface area contributed by atoms with Crippen molar-refractivity contribution >= 4 is 21.7 Å². The monoisotopic (exact) mass is 476 g/mol. The molecule has 2 heterocycles. The van der Waals surface area contributed by atoms with Crippen LogP contribution >= 0.6 is 0 Å². The van der Waals surface area contributed by atoms with Gasteiger partial charge < -0.3 is 14.4 Å². The smallest absolute Gasteiger partial charge is 0.244 e. The Morgan fingerprint density at radius 2 is 1.73 bits per heavy atom. The normalized spacial score (nSPS) is 17.5. The number of hydrogen-bond donors (Lipinski definition) is 1. The number of nitrogens with zero attached hydrogens (tertiary/aromatic N) is 1. The maximum Gasteiger partial charge on any atom is 0.244 e. The SMILES string of the molecule is C[C@H](NS(=O)(=O)c1ccccc1F)C(=O)N1CCC(C(=O)c2ccc3c(c2)OCCO3)CC1. The summed E-state index contributed by atoms with van der Waals surface area (Å²) in [5, 5.41) is 0. The van der Waals surface area contributed by atoms with Crippen LogP contribution in [0.5, 0.6) is 11.5 Å². The van der Waals surface area contributed by atoms with Gasteiger partial charge in [0.25, 0.3) is 0 Å². The molecule has 33 heavy (non-hydrogen) atoms. The van der Waals surface area contributed by atoms with Crippen molar-refractivity contribution in [2.24, 2.45) is 5.92 Å². The topological polar surface area (TPSA) is 102 Å². The molecule has 1 amide bonds. The number of rotatable bonds is 6. The molecule has 2 aliphatic heterocycles. The molecule has 0 saturated carbocycles. The first-order valence-corrected chi connectivity index (χ1v) is 12.2. The van der Waals surface area contributed by atoms with Gasteiger partial charge >= 0.3 is 0 Å². The number of likely N-dealkylation sites (tertiary alicyclic amines) is 1. The number of halogens is 1. The Labute approximate surface area is 191 Å². The zero-order valence-corrected chi connectivity index (χ0v) is 18.9. The van der Waals surface area contributed by atoms with Crippen molar-refractivity contribution in [3.8, 4) is 11.5 Å². The van der Waals surface area contributed by atoms with Crippen LogP contribution in [0, 0.1) is 11.7 Å².